The molecule has 0 saturated carbocycles. The molecule has 0 saturated heterocycles. The molecule has 3 rings (SSSR count). The molecule has 1 atom stereocenters. The van der Waals surface area contributed by atoms with Crippen LogP contribution < -0.4 is 14.8 Å². The van der Waals surface area contributed by atoms with Crippen LogP contribution in [0.5, 0.6) is 11.5 Å². The van der Waals surface area contributed by atoms with Crippen LogP contribution in [0.4, 0.5) is 0 Å². The van der Waals surface area contributed by atoms with E-state index in [2.05, 4.69) is 15.3 Å². The molecule has 0 amide bonds. The van der Waals surface area contributed by atoms with Crippen LogP contribution in [-0.2, 0) is 13.6 Å². The zero-order chi connectivity index (χ0) is 16.9. The quantitative estimate of drug-likeness (QED) is 0.714. The van der Waals surface area contributed by atoms with Gasteiger partial charge in [0.2, 0.25) is 0 Å². The molecule has 0 fully saturated rings. The molecule has 2 aromatic heterocycles. The number of methoxy groups -OCH3 is 2. The lowest BCUT2D eigenvalue weighted by Gasteiger charge is -2.20. The number of nitrogens with zero attached hydrogens (tertiary/aromatic N) is 3. The van der Waals surface area contributed by atoms with Gasteiger partial charge in [-0.2, -0.15) is 0 Å². The topological polar surface area (TPSA) is 61.2 Å². The number of benzene rings is 1. The number of imidazole rings is 1. The Hall–Kier alpha value is -2.38. The third kappa shape index (κ3) is 3.58. The van der Waals surface area contributed by atoms with E-state index in [1.165, 1.54) is 0 Å². The summed E-state index contributed by atoms with van der Waals surface area (Å²) in [5, 5.41) is 5.57. The van der Waals surface area contributed by atoms with Crippen molar-refractivity contribution in [3.63, 3.8) is 0 Å². The van der Waals surface area contributed by atoms with Gasteiger partial charge in [-0.1, -0.05) is 0 Å². The monoisotopic (exact) mass is 344 g/mol. The van der Waals surface area contributed by atoms with Crippen molar-refractivity contribution >= 4 is 11.3 Å². The van der Waals surface area contributed by atoms with Crippen LogP contribution in [0, 0.1) is 0 Å². The van der Waals surface area contributed by atoms with E-state index >= 15 is 0 Å². The fourth-order valence-electron chi connectivity index (χ4n) is 2.54. The van der Waals surface area contributed by atoms with Gasteiger partial charge in [-0.05, 0) is 17.7 Å². The standard InChI is InChI=1S/C17H20N4O2S/c1-21-5-4-18-17(21)16(19-9-13-10-24-11-20-13)12-6-14(22-2)8-15(7-12)23-3/h4-8,10-11,16,19H,9H2,1-3H3. The largest absolute Gasteiger partial charge is 0.497 e. The van der Waals surface area contributed by atoms with Gasteiger partial charge < -0.3 is 14.0 Å². The lowest BCUT2D eigenvalue weighted by atomic mass is 10.0. The molecule has 2 heterocycles. The van der Waals surface area contributed by atoms with E-state index in [9.17, 15) is 0 Å². The summed E-state index contributed by atoms with van der Waals surface area (Å²) >= 11 is 1.59. The van der Waals surface area contributed by atoms with E-state index in [1.54, 1.807) is 31.8 Å². The Morgan fingerprint density at radius 1 is 1.17 bits per heavy atom. The number of hydrogen-bond donors (Lipinski definition) is 1. The van der Waals surface area contributed by atoms with Gasteiger partial charge in [0.25, 0.3) is 0 Å². The molecular weight excluding hydrogens is 324 g/mol. The molecule has 0 aliphatic carbocycles. The highest BCUT2D eigenvalue weighted by molar-refractivity contribution is 7.07. The highest BCUT2D eigenvalue weighted by Gasteiger charge is 2.20. The van der Waals surface area contributed by atoms with E-state index in [4.69, 9.17) is 9.47 Å². The van der Waals surface area contributed by atoms with Crippen LogP contribution in [-0.4, -0.2) is 28.8 Å². The summed E-state index contributed by atoms with van der Waals surface area (Å²) in [6.45, 7) is 0.653. The average Bonchev–Trinajstić information content (AvgIpc) is 3.27. The highest BCUT2D eigenvalue weighted by Crippen LogP contribution is 2.29. The van der Waals surface area contributed by atoms with Gasteiger partial charge in [0, 0.05) is 37.4 Å². The van der Waals surface area contributed by atoms with Crippen molar-refractivity contribution in [3.05, 3.63) is 58.6 Å². The Balaban J connectivity index is 1.96. The third-order valence-corrected chi connectivity index (χ3v) is 4.43. The molecule has 0 bridgehead atoms. The molecule has 0 aliphatic heterocycles. The van der Waals surface area contributed by atoms with Crippen LogP contribution in [0.2, 0.25) is 0 Å². The molecule has 3 aromatic rings. The molecule has 0 radical (unpaired) electrons. The molecule has 1 unspecified atom stereocenters. The number of rotatable bonds is 7. The number of thiazole rings is 1. The van der Waals surface area contributed by atoms with Crippen molar-refractivity contribution in [1.82, 2.24) is 19.9 Å². The summed E-state index contributed by atoms with van der Waals surface area (Å²) in [6.07, 6.45) is 3.73. The average molecular weight is 344 g/mol. The van der Waals surface area contributed by atoms with Crippen molar-refractivity contribution in [1.29, 1.82) is 0 Å². The number of nitrogens with one attached hydrogen (secondary N) is 1. The van der Waals surface area contributed by atoms with Crippen LogP contribution in [0.25, 0.3) is 0 Å². The maximum atomic E-state index is 5.40. The van der Waals surface area contributed by atoms with Crippen molar-refractivity contribution in [3.8, 4) is 11.5 Å². The summed E-state index contributed by atoms with van der Waals surface area (Å²) in [6, 6.07) is 5.75. The van der Waals surface area contributed by atoms with Gasteiger partial charge in [0.05, 0.1) is 31.5 Å². The summed E-state index contributed by atoms with van der Waals surface area (Å²) in [4.78, 5) is 8.84. The van der Waals surface area contributed by atoms with E-state index in [0.717, 1.165) is 28.6 Å². The molecule has 126 valence electrons. The molecule has 0 spiro atoms. The van der Waals surface area contributed by atoms with Gasteiger partial charge in [-0.25, -0.2) is 9.97 Å². The minimum absolute atomic E-state index is 0.101. The summed E-state index contributed by atoms with van der Waals surface area (Å²) in [5.74, 6) is 2.42. The maximum Gasteiger partial charge on any atom is 0.130 e. The summed E-state index contributed by atoms with van der Waals surface area (Å²) < 4.78 is 12.8. The lowest BCUT2D eigenvalue weighted by molar-refractivity contribution is 0.392. The van der Waals surface area contributed by atoms with E-state index in [1.807, 2.05) is 46.9 Å². The number of aryl methyl sites for hydroxylation is 1. The second-order valence-corrected chi connectivity index (χ2v) is 6.05. The fourth-order valence-corrected chi connectivity index (χ4v) is 3.10. The fraction of sp³-hybridized carbons (Fsp3) is 0.294. The highest BCUT2D eigenvalue weighted by atomic mass is 32.1. The first kappa shape index (κ1) is 16.5. The molecule has 7 heteroatoms. The van der Waals surface area contributed by atoms with Gasteiger partial charge in [-0.15, -0.1) is 11.3 Å². The van der Waals surface area contributed by atoms with Gasteiger partial charge >= 0.3 is 0 Å². The number of ether oxygens (including phenoxy) is 2. The minimum atomic E-state index is -0.101. The molecular formula is C17H20N4O2S. The number of aromatic nitrogens is 3. The summed E-state index contributed by atoms with van der Waals surface area (Å²) in [5.41, 5.74) is 3.87. The van der Waals surface area contributed by atoms with E-state index in [-0.39, 0.29) is 6.04 Å². The zero-order valence-corrected chi connectivity index (χ0v) is 14.7. The molecule has 1 N–H and O–H groups in total. The molecule has 24 heavy (non-hydrogen) atoms. The Morgan fingerprint density at radius 2 is 1.92 bits per heavy atom. The molecule has 0 aliphatic rings. The Morgan fingerprint density at radius 3 is 2.46 bits per heavy atom. The van der Waals surface area contributed by atoms with Crippen LogP contribution >= 0.6 is 11.3 Å². The normalized spacial score (nSPS) is 12.1. The van der Waals surface area contributed by atoms with Gasteiger partial charge in [0.15, 0.2) is 0 Å². The predicted octanol–water partition coefficient (Wildman–Crippen LogP) is 2.77. The second kappa shape index (κ2) is 7.46. The SMILES string of the molecule is COc1cc(OC)cc(C(NCc2cscn2)c2nccn2C)c1. The van der Waals surface area contributed by atoms with Crippen LogP contribution in [0.15, 0.2) is 41.5 Å². The zero-order valence-electron chi connectivity index (χ0n) is 13.9. The summed E-state index contributed by atoms with van der Waals surface area (Å²) in [7, 11) is 5.28. The maximum absolute atomic E-state index is 5.40. The van der Waals surface area contributed by atoms with Crippen LogP contribution in [0.3, 0.4) is 0 Å². The van der Waals surface area contributed by atoms with Crippen molar-refractivity contribution in [2.45, 2.75) is 12.6 Å². The lowest BCUT2D eigenvalue weighted by Crippen LogP contribution is -2.25. The van der Waals surface area contributed by atoms with Gasteiger partial charge in [0.1, 0.15) is 17.3 Å². The van der Waals surface area contributed by atoms with Crippen molar-refractivity contribution < 1.29 is 9.47 Å². The van der Waals surface area contributed by atoms with Gasteiger partial charge in [-0.3, -0.25) is 5.32 Å². The Bertz CT molecular complexity index is 764. The molecule has 1 aromatic carbocycles. The smallest absolute Gasteiger partial charge is 0.130 e. The first-order valence-corrected chi connectivity index (χ1v) is 8.46. The first-order valence-electron chi connectivity index (χ1n) is 7.52. The van der Waals surface area contributed by atoms with Crippen molar-refractivity contribution in [2.24, 2.45) is 7.05 Å². The number of hydrogen-bond acceptors (Lipinski definition) is 6. The van der Waals surface area contributed by atoms with Crippen LogP contribution in [0.1, 0.15) is 23.1 Å². The predicted molar refractivity (Wildman–Crippen MR) is 93.6 cm³/mol. The van der Waals surface area contributed by atoms with E-state index < -0.39 is 0 Å². The second-order valence-electron chi connectivity index (χ2n) is 5.34. The minimum Gasteiger partial charge on any atom is -0.497 e. The first-order chi connectivity index (χ1) is 11.7. The van der Waals surface area contributed by atoms with E-state index in [0.29, 0.717) is 6.54 Å². The molecule has 6 nitrogen and oxygen atoms in total. The van der Waals surface area contributed by atoms with Crippen molar-refractivity contribution in [2.75, 3.05) is 14.2 Å². The Labute approximate surface area is 145 Å². The Kier molecular flexibility index (Phi) is 5.12. The third-order valence-electron chi connectivity index (χ3n) is 3.79.